The van der Waals surface area contributed by atoms with E-state index in [9.17, 15) is 0 Å². The zero-order chi connectivity index (χ0) is 12.8. The highest BCUT2D eigenvalue weighted by Gasteiger charge is 2.38. The van der Waals surface area contributed by atoms with Crippen molar-refractivity contribution in [1.29, 1.82) is 0 Å². The molecule has 2 atom stereocenters. The maximum absolute atomic E-state index is 6.40. The van der Waals surface area contributed by atoms with Gasteiger partial charge in [0.25, 0.3) is 0 Å². The van der Waals surface area contributed by atoms with Gasteiger partial charge >= 0.3 is 0 Å². The van der Waals surface area contributed by atoms with Crippen LogP contribution in [0, 0.1) is 6.92 Å². The molecule has 1 aromatic rings. The molecule has 18 heavy (non-hydrogen) atoms. The van der Waals surface area contributed by atoms with Crippen LogP contribution < -0.4 is 5.32 Å². The molecule has 1 saturated heterocycles. The predicted molar refractivity (Wildman–Crippen MR) is 73.8 cm³/mol. The summed E-state index contributed by atoms with van der Waals surface area (Å²) in [6.07, 6.45) is 3.75. The van der Waals surface area contributed by atoms with Crippen molar-refractivity contribution in [2.75, 3.05) is 6.54 Å². The van der Waals surface area contributed by atoms with Crippen molar-refractivity contribution in [2.24, 2.45) is 0 Å². The van der Waals surface area contributed by atoms with Gasteiger partial charge in [0.15, 0.2) is 0 Å². The van der Waals surface area contributed by atoms with E-state index >= 15 is 0 Å². The first-order valence-corrected chi connectivity index (χ1v) is 7.06. The molecule has 2 nitrogen and oxygen atoms in total. The van der Waals surface area contributed by atoms with E-state index in [-0.39, 0.29) is 11.7 Å². The van der Waals surface area contributed by atoms with Crippen LogP contribution in [0.1, 0.15) is 49.5 Å². The van der Waals surface area contributed by atoms with Crippen LogP contribution in [0.5, 0.6) is 0 Å². The van der Waals surface area contributed by atoms with Crippen LogP contribution in [0.2, 0.25) is 0 Å². The van der Waals surface area contributed by atoms with Gasteiger partial charge in [-0.25, -0.2) is 0 Å². The maximum atomic E-state index is 6.40. The van der Waals surface area contributed by atoms with Crippen LogP contribution in [0.4, 0.5) is 0 Å². The summed E-state index contributed by atoms with van der Waals surface area (Å²) >= 11 is 0. The van der Waals surface area contributed by atoms with Crippen LogP contribution in [0.25, 0.3) is 0 Å². The highest BCUT2D eigenvalue weighted by atomic mass is 16.5. The Morgan fingerprint density at radius 2 is 2.17 bits per heavy atom. The second kappa shape index (κ2) is 4.36. The number of aryl methyl sites for hydroxylation is 1. The molecular formula is C16H23NO. The molecule has 2 heteroatoms. The molecule has 0 unspecified atom stereocenters. The van der Waals surface area contributed by atoms with Crippen molar-refractivity contribution in [3.63, 3.8) is 0 Å². The molecule has 1 N–H and O–H groups in total. The van der Waals surface area contributed by atoms with Crippen LogP contribution in [0.3, 0.4) is 0 Å². The molecule has 0 bridgehead atoms. The smallest absolute Gasteiger partial charge is 0.0990 e. The Kier molecular flexibility index (Phi) is 2.95. The van der Waals surface area contributed by atoms with Crippen molar-refractivity contribution < 1.29 is 4.74 Å². The van der Waals surface area contributed by atoms with Crippen LogP contribution >= 0.6 is 0 Å². The Labute approximate surface area is 110 Å². The van der Waals surface area contributed by atoms with E-state index in [2.05, 4.69) is 44.3 Å². The monoisotopic (exact) mass is 245 g/mol. The zero-order valence-corrected chi connectivity index (χ0v) is 11.6. The van der Waals surface area contributed by atoms with Crippen LogP contribution in [0.15, 0.2) is 18.2 Å². The summed E-state index contributed by atoms with van der Waals surface area (Å²) in [5.74, 6) is 0. The van der Waals surface area contributed by atoms with Gasteiger partial charge in [-0.2, -0.15) is 0 Å². The molecule has 0 radical (unpaired) electrons. The largest absolute Gasteiger partial charge is 0.366 e. The first-order chi connectivity index (χ1) is 8.57. The Balaban J connectivity index is 2.03. The topological polar surface area (TPSA) is 21.3 Å². The average molecular weight is 245 g/mol. The van der Waals surface area contributed by atoms with Gasteiger partial charge in [-0.1, -0.05) is 18.2 Å². The molecule has 0 amide bonds. The summed E-state index contributed by atoms with van der Waals surface area (Å²) in [5.41, 5.74) is 4.25. The third-order valence-corrected chi connectivity index (χ3v) is 4.23. The third-order valence-electron chi connectivity index (χ3n) is 4.23. The summed E-state index contributed by atoms with van der Waals surface area (Å²) < 4.78 is 6.40. The lowest BCUT2D eigenvalue weighted by Crippen LogP contribution is -2.42. The number of hydrogen-bond donors (Lipinski definition) is 1. The summed E-state index contributed by atoms with van der Waals surface area (Å²) in [6, 6.07) is 7.15. The molecule has 0 aromatic heterocycles. The minimum absolute atomic E-state index is 0.0459. The van der Waals surface area contributed by atoms with Crippen LogP contribution in [-0.4, -0.2) is 18.2 Å². The van der Waals surface area contributed by atoms with E-state index in [4.69, 9.17) is 4.74 Å². The van der Waals surface area contributed by atoms with Crippen molar-refractivity contribution in [3.8, 4) is 0 Å². The number of benzene rings is 1. The van der Waals surface area contributed by atoms with E-state index in [1.807, 2.05) is 0 Å². The second-order valence-corrected chi connectivity index (χ2v) is 6.33. The lowest BCUT2D eigenvalue weighted by atomic mass is 9.83. The minimum Gasteiger partial charge on any atom is -0.366 e. The molecule has 3 rings (SSSR count). The Bertz CT molecular complexity index is 446. The quantitative estimate of drug-likeness (QED) is 0.820. The second-order valence-electron chi connectivity index (χ2n) is 6.33. The number of fused-ring (bicyclic) bond motifs is 1. The lowest BCUT2D eigenvalue weighted by Gasteiger charge is -2.41. The maximum Gasteiger partial charge on any atom is 0.0990 e. The fourth-order valence-electron chi connectivity index (χ4n) is 3.46. The summed E-state index contributed by atoms with van der Waals surface area (Å²) in [7, 11) is 0. The number of hydrogen-bond acceptors (Lipinski definition) is 2. The zero-order valence-electron chi connectivity index (χ0n) is 11.6. The van der Waals surface area contributed by atoms with E-state index < -0.39 is 0 Å². The molecule has 2 aliphatic rings. The fourth-order valence-corrected chi connectivity index (χ4v) is 3.46. The Morgan fingerprint density at radius 1 is 1.33 bits per heavy atom. The molecule has 1 fully saturated rings. The third kappa shape index (κ3) is 2.08. The lowest BCUT2D eigenvalue weighted by molar-refractivity contribution is -0.0972. The predicted octanol–water partition coefficient (Wildman–Crippen LogP) is 3.14. The van der Waals surface area contributed by atoms with E-state index in [1.54, 1.807) is 0 Å². The highest BCUT2D eigenvalue weighted by Crippen LogP contribution is 2.40. The van der Waals surface area contributed by atoms with Gasteiger partial charge in [-0.3, -0.25) is 0 Å². The van der Waals surface area contributed by atoms with Gasteiger partial charge in [0, 0.05) is 12.5 Å². The first-order valence-electron chi connectivity index (χ1n) is 7.06. The van der Waals surface area contributed by atoms with Gasteiger partial charge in [-0.05, 0) is 56.8 Å². The number of ether oxygens (including phenoxy) is 1. The summed E-state index contributed by atoms with van der Waals surface area (Å²) in [6.45, 7) is 7.76. The fraction of sp³-hybridized carbons (Fsp3) is 0.625. The van der Waals surface area contributed by atoms with E-state index in [1.165, 1.54) is 29.5 Å². The van der Waals surface area contributed by atoms with Gasteiger partial charge in [-0.15, -0.1) is 0 Å². The first kappa shape index (κ1) is 12.2. The molecule has 0 aliphatic carbocycles. The van der Waals surface area contributed by atoms with Gasteiger partial charge < -0.3 is 10.1 Å². The minimum atomic E-state index is -0.0459. The summed E-state index contributed by atoms with van der Waals surface area (Å²) in [4.78, 5) is 0. The van der Waals surface area contributed by atoms with Crippen molar-refractivity contribution >= 4 is 0 Å². The van der Waals surface area contributed by atoms with Crippen molar-refractivity contribution in [2.45, 2.75) is 57.8 Å². The highest BCUT2D eigenvalue weighted by molar-refractivity contribution is 5.39. The SMILES string of the molecule is Cc1cccc2c1[C@H]([C@H]1CCCN1)OC(C)(C)C2. The Hall–Kier alpha value is -0.860. The normalized spacial score (nSPS) is 30.2. The molecule has 0 spiro atoms. The molecule has 2 heterocycles. The van der Waals surface area contributed by atoms with Crippen molar-refractivity contribution in [1.82, 2.24) is 5.32 Å². The molecule has 0 saturated carbocycles. The number of nitrogens with one attached hydrogen (secondary N) is 1. The van der Waals surface area contributed by atoms with Gasteiger partial charge in [0.2, 0.25) is 0 Å². The van der Waals surface area contributed by atoms with E-state index in [0.29, 0.717) is 6.04 Å². The molecule has 98 valence electrons. The summed E-state index contributed by atoms with van der Waals surface area (Å²) in [5, 5.41) is 3.61. The van der Waals surface area contributed by atoms with E-state index in [0.717, 1.165) is 13.0 Å². The van der Waals surface area contributed by atoms with Gasteiger partial charge in [0.1, 0.15) is 0 Å². The van der Waals surface area contributed by atoms with Crippen LogP contribution in [-0.2, 0) is 11.2 Å². The molecule has 1 aromatic carbocycles. The van der Waals surface area contributed by atoms with Crippen molar-refractivity contribution in [3.05, 3.63) is 34.9 Å². The standard InChI is InChI=1S/C16H23NO/c1-11-6-4-7-12-10-16(2,3)18-15(14(11)12)13-8-5-9-17-13/h4,6-7,13,15,17H,5,8-10H2,1-3H3/t13-,15+/m1/s1. The van der Waals surface area contributed by atoms with Gasteiger partial charge in [0.05, 0.1) is 11.7 Å². The number of rotatable bonds is 1. The average Bonchev–Trinajstić information content (AvgIpc) is 2.79. The molecular weight excluding hydrogens is 222 g/mol. The molecule has 2 aliphatic heterocycles. The Morgan fingerprint density at radius 3 is 2.89 bits per heavy atom.